The first-order valence-electron chi connectivity index (χ1n) is 9.08. The van der Waals surface area contributed by atoms with E-state index in [4.69, 9.17) is 4.98 Å². The van der Waals surface area contributed by atoms with Crippen LogP contribution >= 0.6 is 11.3 Å². The molecular weight excluding hydrogens is 342 g/mol. The average molecular weight is 366 g/mol. The summed E-state index contributed by atoms with van der Waals surface area (Å²) in [6.07, 6.45) is 1.94. The SMILES string of the molecule is Cc1cc(C)cc(NC(=O)N2CCC(c3nc4ccccc4s3)CC2)c1. The normalized spacial score (nSPS) is 15.4. The molecule has 0 unspecified atom stereocenters. The zero-order chi connectivity index (χ0) is 18.1. The summed E-state index contributed by atoms with van der Waals surface area (Å²) < 4.78 is 1.25. The summed E-state index contributed by atoms with van der Waals surface area (Å²) in [6, 6.07) is 14.4. The van der Waals surface area contributed by atoms with Gasteiger partial charge in [0.2, 0.25) is 0 Å². The Morgan fingerprint density at radius 1 is 1.12 bits per heavy atom. The van der Waals surface area contributed by atoms with Crippen LogP contribution in [0.2, 0.25) is 0 Å². The van der Waals surface area contributed by atoms with Crippen molar-refractivity contribution >= 4 is 33.3 Å². The number of anilines is 1. The molecule has 0 radical (unpaired) electrons. The number of amides is 2. The number of likely N-dealkylation sites (tertiary alicyclic amines) is 1. The minimum atomic E-state index is -0.00208. The van der Waals surface area contributed by atoms with E-state index in [1.807, 2.05) is 36.9 Å². The second kappa shape index (κ2) is 7.08. The molecule has 5 heteroatoms. The molecule has 3 aromatic rings. The van der Waals surface area contributed by atoms with Crippen LogP contribution in [0.1, 0.15) is 34.9 Å². The van der Waals surface area contributed by atoms with Crippen LogP contribution < -0.4 is 5.32 Å². The molecule has 4 nitrogen and oxygen atoms in total. The number of fused-ring (bicyclic) bond motifs is 1. The fraction of sp³-hybridized carbons (Fsp3) is 0.333. The minimum Gasteiger partial charge on any atom is -0.324 e. The number of aryl methyl sites for hydroxylation is 2. The van der Waals surface area contributed by atoms with Crippen molar-refractivity contribution in [2.24, 2.45) is 0 Å². The molecule has 0 bridgehead atoms. The molecule has 0 spiro atoms. The van der Waals surface area contributed by atoms with Crippen LogP contribution in [0.5, 0.6) is 0 Å². The predicted octanol–water partition coefficient (Wildman–Crippen LogP) is 5.32. The van der Waals surface area contributed by atoms with E-state index in [1.54, 1.807) is 11.3 Å². The lowest BCUT2D eigenvalue weighted by atomic mass is 9.98. The Hall–Kier alpha value is -2.40. The highest BCUT2D eigenvalue weighted by molar-refractivity contribution is 7.18. The zero-order valence-electron chi connectivity index (χ0n) is 15.2. The predicted molar refractivity (Wildman–Crippen MR) is 108 cm³/mol. The second-order valence-electron chi connectivity index (χ2n) is 7.09. The van der Waals surface area contributed by atoms with E-state index in [0.717, 1.165) is 48.3 Å². The number of nitrogens with zero attached hydrogens (tertiary/aromatic N) is 2. The molecule has 2 aromatic carbocycles. The van der Waals surface area contributed by atoms with Gasteiger partial charge in [-0.1, -0.05) is 18.2 Å². The average Bonchev–Trinajstić information content (AvgIpc) is 3.05. The van der Waals surface area contributed by atoms with E-state index in [-0.39, 0.29) is 6.03 Å². The number of urea groups is 1. The maximum absolute atomic E-state index is 12.6. The van der Waals surface area contributed by atoms with Crippen molar-refractivity contribution in [3.05, 3.63) is 58.6 Å². The number of piperidine rings is 1. The van der Waals surface area contributed by atoms with Crippen molar-refractivity contribution in [1.82, 2.24) is 9.88 Å². The molecule has 1 N–H and O–H groups in total. The molecule has 2 heterocycles. The van der Waals surface area contributed by atoms with Crippen molar-refractivity contribution in [3.63, 3.8) is 0 Å². The first-order valence-corrected chi connectivity index (χ1v) is 9.90. The fourth-order valence-corrected chi connectivity index (χ4v) is 4.78. The largest absolute Gasteiger partial charge is 0.324 e. The molecule has 0 atom stereocenters. The van der Waals surface area contributed by atoms with E-state index in [1.165, 1.54) is 9.71 Å². The number of rotatable bonds is 2. The third-order valence-corrected chi connectivity index (χ3v) is 6.11. The number of carbonyl (C=O) groups is 1. The Morgan fingerprint density at radius 2 is 1.81 bits per heavy atom. The lowest BCUT2D eigenvalue weighted by molar-refractivity contribution is 0.194. The summed E-state index contributed by atoms with van der Waals surface area (Å²) in [5.74, 6) is 0.456. The van der Waals surface area contributed by atoms with Gasteiger partial charge >= 0.3 is 6.03 Å². The number of para-hydroxylation sites is 1. The maximum atomic E-state index is 12.6. The van der Waals surface area contributed by atoms with Crippen LogP contribution in [-0.4, -0.2) is 29.0 Å². The first-order chi connectivity index (χ1) is 12.6. The summed E-state index contributed by atoms with van der Waals surface area (Å²) in [5.41, 5.74) is 4.29. The monoisotopic (exact) mass is 365 g/mol. The summed E-state index contributed by atoms with van der Waals surface area (Å²) >= 11 is 1.79. The fourth-order valence-electron chi connectivity index (χ4n) is 3.64. The molecule has 0 aliphatic carbocycles. The molecule has 1 aliphatic rings. The Kier molecular flexibility index (Phi) is 4.64. The number of hydrogen-bond donors (Lipinski definition) is 1. The molecular formula is C21H23N3OS. The van der Waals surface area contributed by atoms with Gasteiger partial charge in [0.15, 0.2) is 0 Å². The second-order valence-corrected chi connectivity index (χ2v) is 8.15. The van der Waals surface area contributed by atoms with Crippen LogP contribution in [0.4, 0.5) is 10.5 Å². The van der Waals surface area contributed by atoms with E-state index < -0.39 is 0 Å². The van der Waals surface area contributed by atoms with Crippen molar-refractivity contribution in [2.75, 3.05) is 18.4 Å². The van der Waals surface area contributed by atoms with Gasteiger partial charge in [0.05, 0.1) is 15.2 Å². The molecule has 1 aromatic heterocycles. The molecule has 26 heavy (non-hydrogen) atoms. The standard InChI is InChI=1S/C21H23N3OS/c1-14-11-15(2)13-17(12-14)22-21(25)24-9-7-16(8-10-24)20-23-18-5-3-4-6-19(18)26-20/h3-6,11-13,16H,7-10H2,1-2H3,(H,22,25). The third-order valence-electron chi connectivity index (χ3n) is 4.91. The number of thiazole rings is 1. The highest BCUT2D eigenvalue weighted by Gasteiger charge is 2.26. The van der Waals surface area contributed by atoms with Gasteiger partial charge in [0.1, 0.15) is 0 Å². The number of hydrogen-bond acceptors (Lipinski definition) is 3. The molecule has 134 valence electrons. The van der Waals surface area contributed by atoms with Crippen LogP contribution in [0, 0.1) is 13.8 Å². The van der Waals surface area contributed by atoms with Crippen molar-refractivity contribution in [1.29, 1.82) is 0 Å². The van der Waals surface area contributed by atoms with Gasteiger partial charge in [0, 0.05) is 24.7 Å². The Labute approximate surface area is 157 Å². The molecule has 1 fully saturated rings. The van der Waals surface area contributed by atoms with Gasteiger partial charge in [-0.3, -0.25) is 0 Å². The van der Waals surface area contributed by atoms with E-state index >= 15 is 0 Å². The summed E-state index contributed by atoms with van der Waals surface area (Å²) in [5, 5.41) is 4.25. The van der Waals surface area contributed by atoms with E-state index in [2.05, 4.69) is 29.6 Å². The van der Waals surface area contributed by atoms with Gasteiger partial charge in [0.25, 0.3) is 0 Å². The molecule has 1 saturated heterocycles. The number of benzene rings is 2. The Balaban J connectivity index is 1.39. The Morgan fingerprint density at radius 3 is 2.50 bits per heavy atom. The highest BCUT2D eigenvalue weighted by atomic mass is 32.1. The van der Waals surface area contributed by atoms with Gasteiger partial charge in [-0.2, -0.15) is 0 Å². The summed E-state index contributed by atoms with van der Waals surface area (Å²) in [6.45, 7) is 5.65. The van der Waals surface area contributed by atoms with Gasteiger partial charge < -0.3 is 10.2 Å². The minimum absolute atomic E-state index is 0.00208. The molecule has 2 amide bonds. The van der Waals surface area contributed by atoms with Crippen LogP contribution in [-0.2, 0) is 0 Å². The summed E-state index contributed by atoms with van der Waals surface area (Å²) in [7, 11) is 0. The molecule has 4 rings (SSSR count). The Bertz CT molecular complexity index is 888. The lowest BCUT2D eigenvalue weighted by Gasteiger charge is -2.31. The number of carbonyl (C=O) groups excluding carboxylic acids is 1. The first kappa shape index (κ1) is 17.0. The number of nitrogens with one attached hydrogen (secondary N) is 1. The van der Waals surface area contributed by atoms with Crippen LogP contribution in [0.3, 0.4) is 0 Å². The zero-order valence-corrected chi connectivity index (χ0v) is 16.0. The molecule has 0 saturated carbocycles. The van der Waals surface area contributed by atoms with Crippen molar-refractivity contribution in [2.45, 2.75) is 32.6 Å². The van der Waals surface area contributed by atoms with Crippen molar-refractivity contribution < 1.29 is 4.79 Å². The maximum Gasteiger partial charge on any atom is 0.321 e. The van der Waals surface area contributed by atoms with Crippen LogP contribution in [0.25, 0.3) is 10.2 Å². The quantitative estimate of drug-likeness (QED) is 0.667. The van der Waals surface area contributed by atoms with Gasteiger partial charge in [-0.15, -0.1) is 11.3 Å². The lowest BCUT2D eigenvalue weighted by Crippen LogP contribution is -2.40. The topological polar surface area (TPSA) is 45.2 Å². The van der Waals surface area contributed by atoms with E-state index in [0.29, 0.717) is 5.92 Å². The summed E-state index contributed by atoms with van der Waals surface area (Å²) in [4.78, 5) is 19.3. The van der Waals surface area contributed by atoms with Gasteiger partial charge in [-0.25, -0.2) is 9.78 Å². The van der Waals surface area contributed by atoms with E-state index in [9.17, 15) is 4.79 Å². The smallest absolute Gasteiger partial charge is 0.321 e. The molecule has 1 aliphatic heterocycles. The highest BCUT2D eigenvalue weighted by Crippen LogP contribution is 2.33. The van der Waals surface area contributed by atoms with Crippen molar-refractivity contribution in [3.8, 4) is 0 Å². The van der Waals surface area contributed by atoms with Gasteiger partial charge in [-0.05, 0) is 62.1 Å². The van der Waals surface area contributed by atoms with Crippen LogP contribution in [0.15, 0.2) is 42.5 Å². The number of aromatic nitrogens is 1. The third kappa shape index (κ3) is 3.58.